The number of phenolic OH excluding ortho intramolecular Hbond substituents is 1. The van der Waals surface area contributed by atoms with Crippen LogP contribution in [0.5, 0.6) is 11.5 Å². The predicted molar refractivity (Wildman–Crippen MR) is 68.4 cm³/mol. The summed E-state index contributed by atoms with van der Waals surface area (Å²) in [6.07, 6.45) is 0. The van der Waals surface area contributed by atoms with E-state index in [4.69, 9.17) is 4.74 Å². The minimum Gasteiger partial charge on any atom is -0.508 e. The SMILES string of the molecule is Cc1ccc(COc2ccc(O)cc2C)cc1. The fourth-order valence-corrected chi connectivity index (χ4v) is 1.64. The van der Waals surface area contributed by atoms with E-state index >= 15 is 0 Å². The molecule has 2 nitrogen and oxygen atoms in total. The Morgan fingerprint density at radius 3 is 2.35 bits per heavy atom. The first-order chi connectivity index (χ1) is 8.15. The predicted octanol–water partition coefficient (Wildman–Crippen LogP) is 3.59. The van der Waals surface area contributed by atoms with Crippen LogP contribution >= 0.6 is 0 Å². The van der Waals surface area contributed by atoms with Crippen molar-refractivity contribution in [2.24, 2.45) is 0 Å². The molecule has 0 bridgehead atoms. The van der Waals surface area contributed by atoms with Crippen LogP contribution in [0.2, 0.25) is 0 Å². The highest BCUT2D eigenvalue weighted by atomic mass is 16.5. The van der Waals surface area contributed by atoms with Crippen LogP contribution in [0.1, 0.15) is 16.7 Å². The van der Waals surface area contributed by atoms with Gasteiger partial charge in [-0.2, -0.15) is 0 Å². The molecule has 0 unspecified atom stereocenters. The van der Waals surface area contributed by atoms with Crippen LogP contribution in [0.3, 0.4) is 0 Å². The Bertz CT molecular complexity index is 501. The largest absolute Gasteiger partial charge is 0.508 e. The lowest BCUT2D eigenvalue weighted by Gasteiger charge is -2.09. The number of aryl methyl sites for hydroxylation is 2. The topological polar surface area (TPSA) is 29.5 Å². The Morgan fingerprint density at radius 2 is 1.71 bits per heavy atom. The van der Waals surface area contributed by atoms with E-state index in [1.54, 1.807) is 18.2 Å². The maximum atomic E-state index is 9.30. The van der Waals surface area contributed by atoms with Crippen molar-refractivity contribution in [3.8, 4) is 11.5 Å². The Hall–Kier alpha value is -1.96. The first-order valence-electron chi connectivity index (χ1n) is 5.63. The summed E-state index contributed by atoms with van der Waals surface area (Å²) >= 11 is 0. The molecule has 2 aromatic carbocycles. The van der Waals surface area contributed by atoms with Crippen molar-refractivity contribution >= 4 is 0 Å². The smallest absolute Gasteiger partial charge is 0.122 e. The Morgan fingerprint density at radius 1 is 1.00 bits per heavy atom. The van der Waals surface area contributed by atoms with E-state index in [9.17, 15) is 5.11 Å². The van der Waals surface area contributed by atoms with Gasteiger partial charge >= 0.3 is 0 Å². The molecule has 88 valence electrons. The van der Waals surface area contributed by atoms with Crippen molar-refractivity contribution in [1.82, 2.24) is 0 Å². The Balaban J connectivity index is 2.04. The number of hydrogen-bond donors (Lipinski definition) is 1. The van der Waals surface area contributed by atoms with Crippen molar-refractivity contribution in [1.29, 1.82) is 0 Å². The number of benzene rings is 2. The Kier molecular flexibility index (Phi) is 3.33. The highest BCUT2D eigenvalue weighted by molar-refractivity contribution is 5.38. The summed E-state index contributed by atoms with van der Waals surface area (Å²) in [6, 6.07) is 13.4. The second-order valence-corrected chi connectivity index (χ2v) is 4.22. The van der Waals surface area contributed by atoms with Gasteiger partial charge in [0.25, 0.3) is 0 Å². The molecule has 0 fully saturated rings. The summed E-state index contributed by atoms with van der Waals surface area (Å²) in [5.74, 6) is 1.08. The summed E-state index contributed by atoms with van der Waals surface area (Å²) in [4.78, 5) is 0. The molecule has 2 aromatic rings. The molecule has 1 N–H and O–H groups in total. The van der Waals surface area contributed by atoms with Gasteiger partial charge < -0.3 is 9.84 Å². The van der Waals surface area contributed by atoms with Crippen molar-refractivity contribution < 1.29 is 9.84 Å². The molecule has 17 heavy (non-hydrogen) atoms. The van der Waals surface area contributed by atoms with E-state index in [1.807, 2.05) is 6.92 Å². The van der Waals surface area contributed by atoms with E-state index < -0.39 is 0 Å². The van der Waals surface area contributed by atoms with Gasteiger partial charge in [0.15, 0.2) is 0 Å². The van der Waals surface area contributed by atoms with Crippen molar-refractivity contribution in [2.75, 3.05) is 0 Å². The molecule has 0 aromatic heterocycles. The highest BCUT2D eigenvalue weighted by Crippen LogP contribution is 2.23. The van der Waals surface area contributed by atoms with Crippen LogP contribution < -0.4 is 4.74 Å². The minimum absolute atomic E-state index is 0.269. The number of hydrogen-bond acceptors (Lipinski definition) is 2. The molecule has 0 aliphatic heterocycles. The number of aromatic hydroxyl groups is 1. The molecule has 0 amide bonds. The molecule has 0 saturated carbocycles. The van der Waals surface area contributed by atoms with Crippen LogP contribution in [0.4, 0.5) is 0 Å². The van der Waals surface area contributed by atoms with Crippen molar-refractivity contribution in [3.05, 3.63) is 59.2 Å². The molecule has 0 atom stereocenters. The third-order valence-electron chi connectivity index (χ3n) is 2.67. The molecule has 2 rings (SSSR count). The fraction of sp³-hybridized carbons (Fsp3) is 0.200. The van der Waals surface area contributed by atoms with E-state index in [0.717, 1.165) is 16.9 Å². The number of phenols is 1. The summed E-state index contributed by atoms with van der Waals surface area (Å²) in [5.41, 5.74) is 3.33. The van der Waals surface area contributed by atoms with Crippen LogP contribution in [0.25, 0.3) is 0 Å². The first kappa shape index (κ1) is 11.5. The van der Waals surface area contributed by atoms with Gasteiger partial charge in [0.2, 0.25) is 0 Å². The lowest BCUT2D eigenvalue weighted by Crippen LogP contribution is -1.96. The van der Waals surface area contributed by atoms with Crippen LogP contribution in [0.15, 0.2) is 42.5 Å². The average Bonchev–Trinajstić information content (AvgIpc) is 2.30. The zero-order chi connectivity index (χ0) is 12.3. The molecular formula is C15H16O2. The summed E-state index contributed by atoms with van der Waals surface area (Å²) in [7, 11) is 0. The first-order valence-corrected chi connectivity index (χ1v) is 5.63. The van der Waals surface area contributed by atoms with Gasteiger partial charge in [-0.3, -0.25) is 0 Å². The average molecular weight is 228 g/mol. The maximum absolute atomic E-state index is 9.30. The van der Waals surface area contributed by atoms with E-state index in [0.29, 0.717) is 6.61 Å². The standard InChI is InChI=1S/C15H16O2/c1-11-3-5-13(6-4-11)10-17-15-8-7-14(16)9-12(15)2/h3-9,16H,10H2,1-2H3. The van der Waals surface area contributed by atoms with E-state index in [-0.39, 0.29) is 5.75 Å². The molecule has 0 spiro atoms. The molecule has 0 heterocycles. The zero-order valence-corrected chi connectivity index (χ0v) is 10.1. The molecule has 2 heteroatoms. The lowest BCUT2D eigenvalue weighted by atomic mass is 10.1. The van der Waals surface area contributed by atoms with E-state index in [2.05, 4.69) is 31.2 Å². The molecule has 0 saturated heterocycles. The second kappa shape index (κ2) is 4.91. The third-order valence-corrected chi connectivity index (χ3v) is 2.67. The summed E-state index contributed by atoms with van der Waals surface area (Å²) in [5, 5.41) is 9.30. The van der Waals surface area contributed by atoms with Gasteiger partial charge in [0, 0.05) is 0 Å². The third kappa shape index (κ3) is 3.00. The van der Waals surface area contributed by atoms with Gasteiger partial charge in [0.05, 0.1) is 0 Å². The molecule has 0 aliphatic carbocycles. The van der Waals surface area contributed by atoms with Gasteiger partial charge in [-0.25, -0.2) is 0 Å². The fourth-order valence-electron chi connectivity index (χ4n) is 1.64. The van der Waals surface area contributed by atoms with Crippen molar-refractivity contribution in [2.45, 2.75) is 20.5 Å². The van der Waals surface area contributed by atoms with Gasteiger partial charge in [-0.05, 0) is 43.2 Å². The minimum atomic E-state index is 0.269. The van der Waals surface area contributed by atoms with E-state index in [1.165, 1.54) is 5.56 Å². The van der Waals surface area contributed by atoms with Crippen LogP contribution in [-0.2, 0) is 6.61 Å². The second-order valence-electron chi connectivity index (χ2n) is 4.22. The monoisotopic (exact) mass is 228 g/mol. The number of ether oxygens (including phenoxy) is 1. The quantitative estimate of drug-likeness (QED) is 0.870. The summed E-state index contributed by atoms with van der Waals surface area (Å²) in [6.45, 7) is 4.53. The normalized spacial score (nSPS) is 10.2. The molecular weight excluding hydrogens is 212 g/mol. The number of rotatable bonds is 3. The lowest BCUT2D eigenvalue weighted by molar-refractivity contribution is 0.303. The van der Waals surface area contributed by atoms with Crippen molar-refractivity contribution in [3.63, 3.8) is 0 Å². The van der Waals surface area contributed by atoms with Gasteiger partial charge in [-0.1, -0.05) is 29.8 Å². The van der Waals surface area contributed by atoms with Gasteiger partial charge in [0.1, 0.15) is 18.1 Å². The Labute approximate surface area is 101 Å². The molecule has 0 radical (unpaired) electrons. The zero-order valence-electron chi connectivity index (χ0n) is 10.1. The van der Waals surface area contributed by atoms with Crippen LogP contribution in [-0.4, -0.2) is 5.11 Å². The maximum Gasteiger partial charge on any atom is 0.122 e. The van der Waals surface area contributed by atoms with Gasteiger partial charge in [-0.15, -0.1) is 0 Å². The van der Waals surface area contributed by atoms with Crippen LogP contribution in [0, 0.1) is 13.8 Å². The summed E-state index contributed by atoms with van der Waals surface area (Å²) < 4.78 is 5.71. The highest BCUT2D eigenvalue weighted by Gasteiger charge is 2.01. The molecule has 0 aliphatic rings.